The Morgan fingerprint density at radius 1 is 1.03 bits per heavy atom. The molecule has 6 nitrogen and oxygen atoms in total. The van der Waals surface area contributed by atoms with Crippen LogP contribution in [0.3, 0.4) is 0 Å². The molecule has 0 aliphatic carbocycles. The Balaban J connectivity index is 1.36. The summed E-state index contributed by atoms with van der Waals surface area (Å²) in [6, 6.07) is 18.8. The van der Waals surface area contributed by atoms with Gasteiger partial charge in [0.25, 0.3) is 0 Å². The number of aromatic nitrogens is 3. The second-order valence-corrected chi connectivity index (χ2v) is 7.26. The molecule has 4 aromatic rings. The van der Waals surface area contributed by atoms with Crippen LogP contribution in [0.15, 0.2) is 60.8 Å². The van der Waals surface area contributed by atoms with Gasteiger partial charge in [-0.1, -0.05) is 24.3 Å². The zero-order valence-electron chi connectivity index (χ0n) is 16.4. The molecular formula is C23H23N5O. The number of morpholine rings is 1. The van der Waals surface area contributed by atoms with Gasteiger partial charge in [-0.05, 0) is 42.8 Å². The first-order valence-corrected chi connectivity index (χ1v) is 9.88. The summed E-state index contributed by atoms with van der Waals surface area (Å²) in [5, 5.41) is 3.31. The number of rotatable bonds is 4. The Bertz CT molecular complexity index is 1130. The Morgan fingerprint density at radius 3 is 2.62 bits per heavy atom. The molecule has 3 heterocycles. The summed E-state index contributed by atoms with van der Waals surface area (Å²) in [7, 11) is 0. The molecular weight excluding hydrogens is 362 g/mol. The van der Waals surface area contributed by atoms with E-state index >= 15 is 0 Å². The first kappa shape index (κ1) is 17.7. The molecule has 2 aromatic heterocycles. The summed E-state index contributed by atoms with van der Waals surface area (Å²) in [4.78, 5) is 14.9. The summed E-state index contributed by atoms with van der Waals surface area (Å²) in [5.74, 6) is 0.590. The molecule has 0 atom stereocenters. The molecule has 146 valence electrons. The summed E-state index contributed by atoms with van der Waals surface area (Å²) in [5.41, 5.74) is 7.46. The van der Waals surface area contributed by atoms with E-state index in [1.807, 2.05) is 18.3 Å². The van der Waals surface area contributed by atoms with Gasteiger partial charge in [0.2, 0.25) is 5.95 Å². The van der Waals surface area contributed by atoms with Crippen LogP contribution in [0.25, 0.3) is 22.3 Å². The number of hydrogen-bond acceptors (Lipinski definition) is 5. The van der Waals surface area contributed by atoms with Gasteiger partial charge < -0.3 is 19.9 Å². The van der Waals surface area contributed by atoms with Gasteiger partial charge in [-0.2, -0.15) is 0 Å². The van der Waals surface area contributed by atoms with Crippen molar-refractivity contribution in [2.24, 2.45) is 0 Å². The predicted octanol–water partition coefficient (Wildman–Crippen LogP) is 4.51. The third-order valence-corrected chi connectivity index (χ3v) is 5.30. The highest BCUT2D eigenvalue weighted by molar-refractivity contribution is 5.83. The number of H-pyrrole nitrogens is 1. The van der Waals surface area contributed by atoms with E-state index in [9.17, 15) is 0 Å². The smallest absolute Gasteiger partial charge is 0.227 e. The largest absolute Gasteiger partial charge is 0.378 e. The number of nitrogens with one attached hydrogen (secondary N) is 2. The second kappa shape index (κ2) is 7.56. The number of anilines is 3. The van der Waals surface area contributed by atoms with Crippen LogP contribution in [-0.4, -0.2) is 41.3 Å². The van der Waals surface area contributed by atoms with Crippen LogP contribution in [0.5, 0.6) is 0 Å². The number of fused-ring (bicyclic) bond motifs is 1. The molecule has 6 heteroatoms. The van der Waals surface area contributed by atoms with Crippen molar-refractivity contribution in [1.82, 2.24) is 15.0 Å². The minimum atomic E-state index is 0.590. The van der Waals surface area contributed by atoms with Crippen molar-refractivity contribution in [1.29, 1.82) is 0 Å². The molecule has 2 N–H and O–H groups in total. The maximum Gasteiger partial charge on any atom is 0.227 e. The van der Waals surface area contributed by atoms with Gasteiger partial charge in [0.15, 0.2) is 0 Å². The molecule has 1 aliphatic rings. The highest BCUT2D eigenvalue weighted by Crippen LogP contribution is 2.26. The summed E-state index contributed by atoms with van der Waals surface area (Å²) < 4.78 is 5.42. The van der Waals surface area contributed by atoms with Crippen LogP contribution in [0.2, 0.25) is 0 Å². The van der Waals surface area contributed by atoms with Gasteiger partial charge in [0, 0.05) is 35.7 Å². The lowest BCUT2D eigenvalue weighted by molar-refractivity contribution is 0.122. The van der Waals surface area contributed by atoms with Crippen LogP contribution in [0, 0.1) is 6.92 Å². The molecule has 29 heavy (non-hydrogen) atoms. The molecule has 0 unspecified atom stereocenters. The van der Waals surface area contributed by atoms with Gasteiger partial charge >= 0.3 is 0 Å². The van der Waals surface area contributed by atoms with Gasteiger partial charge in [0.1, 0.15) is 0 Å². The SMILES string of the molecule is Cc1ccccc1-c1cc2nc(Nc3ccc(N4CCOCC4)cc3)ncc2[nH]1. The van der Waals surface area contributed by atoms with E-state index in [2.05, 4.69) is 74.6 Å². The molecule has 1 saturated heterocycles. The van der Waals surface area contributed by atoms with Gasteiger partial charge in [-0.25, -0.2) is 9.97 Å². The lowest BCUT2D eigenvalue weighted by Crippen LogP contribution is -2.36. The molecule has 1 fully saturated rings. The van der Waals surface area contributed by atoms with E-state index in [1.54, 1.807) is 0 Å². The maximum atomic E-state index is 5.42. The molecule has 2 aromatic carbocycles. The van der Waals surface area contributed by atoms with E-state index < -0.39 is 0 Å². The highest BCUT2D eigenvalue weighted by atomic mass is 16.5. The van der Waals surface area contributed by atoms with Crippen molar-refractivity contribution in [2.75, 3.05) is 36.5 Å². The monoisotopic (exact) mass is 385 g/mol. The molecule has 5 rings (SSSR count). The average molecular weight is 385 g/mol. The minimum Gasteiger partial charge on any atom is -0.378 e. The minimum absolute atomic E-state index is 0.590. The lowest BCUT2D eigenvalue weighted by atomic mass is 10.1. The topological polar surface area (TPSA) is 66.1 Å². The van der Waals surface area contributed by atoms with Crippen LogP contribution in [-0.2, 0) is 4.74 Å². The second-order valence-electron chi connectivity index (χ2n) is 7.26. The standard InChI is InChI=1S/C23H23N5O/c1-16-4-2-3-5-19(16)20-14-21-22(26-20)15-24-23(27-21)25-17-6-8-18(9-7-17)28-10-12-29-13-11-28/h2-9,14-15,26H,10-13H2,1H3,(H,24,25,27). The summed E-state index contributed by atoms with van der Waals surface area (Å²) >= 11 is 0. The Morgan fingerprint density at radius 2 is 1.83 bits per heavy atom. The fraction of sp³-hybridized carbons (Fsp3) is 0.217. The van der Waals surface area contributed by atoms with E-state index in [4.69, 9.17) is 4.74 Å². The number of benzene rings is 2. The normalized spacial score (nSPS) is 14.3. The number of ether oxygens (including phenoxy) is 1. The van der Waals surface area contributed by atoms with Gasteiger partial charge in [-0.15, -0.1) is 0 Å². The number of hydrogen-bond donors (Lipinski definition) is 2. The fourth-order valence-electron chi connectivity index (χ4n) is 3.71. The van der Waals surface area contributed by atoms with Crippen molar-refractivity contribution in [3.8, 4) is 11.3 Å². The number of aromatic amines is 1. The van der Waals surface area contributed by atoms with Gasteiger partial charge in [0.05, 0.1) is 30.4 Å². The third kappa shape index (κ3) is 3.67. The quantitative estimate of drug-likeness (QED) is 0.541. The zero-order chi connectivity index (χ0) is 19.6. The van der Waals surface area contributed by atoms with Crippen LogP contribution >= 0.6 is 0 Å². The number of nitrogens with zero attached hydrogens (tertiary/aromatic N) is 3. The molecule has 0 saturated carbocycles. The van der Waals surface area contributed by atoms with Gasteiger partial charge in [-0.3, -0.25) is 0 Å². The lowest BCUT2D eigenvalue weighted by Gasteiger charge is -2.28. The number of aryl methyl sites for hydroxylation is 1. The Labute approximate surface area is 169 Å². The predicted molar refractivity (Wildman–Crippen MR) is 117 cm³/mol. The Kier molecular flexibility index (Phi) is 4.62. The molecule has 0 bridgehead atoms. The summed E-state index contributed by atoms with van der Waals surface area (Å²) in [6.07, 6.45) is 1.83. The third-order valence-electron chi connectivity index (χ3n) is 5.30. The first-order chi connectivity index (χ1) is 14.3. The van der Waals surface area contributed by atoms with E-state index in [-0.39, 0.29) is 0 Å². The van der Waals surface area contributed by atoms with Crippen LogP contribution < -0.4 is 10.2 Å². The van der Waals surface area contributed by atoms with Crippen LogP contribution in [0.4, 0.5) is 17.3 Å². The average Bonchev–Trinajstić information content (AvgIpc) is 3.18. The van der Waals surface area contributed by atoms with Crippen molar-refractivity contribution in [2.45, 2.75) is 6.92 Å². The Hall–Kier alpha value is -3.38. The summed E-state index contributed by atoms with van der Waals surface area (Å²) in [6.45, 7) is 5.55. The molecule has 0 spiro atoms. The van der Waals surface area contributed by atoms with Crippen LogP contribution in [0.1, 0.15) is 5.56 Å². The maximum absolute atomic E-state index is 5.42. The molecule has 0 amide bonds. The first-order valence-electron chi connectivity index (χ1n) is 9.88. The highest BCUT2D eigenvalue weighted by Gasteiger charge is 2.11. The fourth-order valence-corrected chi connectivity index (χ4v) is 3.71. The van der Waals surface area contributed by atoms with E-state index in [0.29, 0.717) is 5.95 Å². The van der Waals surface area contributed by atoms with E-state index in [1.165, 1.54) is 16.8 Å². The van der Waals surface area contributed by atoms with Crippen molar-refractivity contribution >= 4 is 28.4 Å². The molecule has 1 aliphatic heterocycles. The van der Waals surface area contributed by atoms with Crippen molar-refractivity contribution < 1.29 is 4.74 Å². The van der Waals surface area contributed by atoms with E-state index in [0.717, 1.165) is 48.7 Å². The zero-order valence-corrected chi connectivity index (χ0v) is 16.4. The molecule has 0 radical (unpaired) electrons. The van der Waals surface area contributed by atoms with Crippen molar-refractivity contribution in [3.05, 3.63) is 66.4 Å². The van der Waals surface area contributed by atoms with Crippen molar-refractivity contribution in [3.63, 3.8) is 0 Å².